The van der Waals surface area contributed by atoms with Crippen LogP contribution in [0.1, 0.15) is 44.6 Å². The van der Waals surface area contributed by atoms with Crippen LogP contribution in [0.3, 0.4) is 0 Å². The molecule has 1 N–H and O–H groups in total. The number of ether oxygens (including phenoxy) is 1. The Bertz CT molecular complexity index is 533. The predicted molar refractivity (Wildman–Crippen MR) is 95.9 cm³/mol. The zero-order valence-electron chi connectivity index (χ0n) is 15.0. The van der Waals surface area contributed by atoms with Gasteiger partial charge in [0, 0.05) is 19.0 Å². The maximum Gasteiger partial charge on any atom is 0.223 e. The van der Waals surface area contributed by atoms with E-state index in [1.165, 1.54) is 18.4 Å². The molecule has 132 valence electrons. The molecule has 0 bridgehead atoms. The molecule has 1 aliphatic carbocycles. The van der Waals surface area contributed by atoms with Crippen LogP contribution >= 0.6 is 0 Å². The summed E-state index contributed by atoms with van der Waals surface area (Å²) in [5.41, 5.74) is 1.19. The van der Waals surface area contributed by atoms with Gasteiger partial charge >= 0.3 is 0 Å². The molecule has 0 radical (unpaired) electrons. The first-order valence-corrected chi connectivity index (χ1v) is 9.30. The van der Waals surface area contributed by atoms with Crippen molar-refractivity contribution in [2.75, 3.05) is 20.2 Å². The van der Waals surface area contributed by atoms with Gasteiger partial charge in [-0.15, -0.1) is 0 Å². The topological polar surface area (TPSA) is 41.6 Å². The van der Waals surface area contributed by atoms with Crippen LogP contribution in [0.5, 0.6) is 5.75 Å². The molecule has 1 aromatic carbocycles. The smallest absolute Gasteiger partial charge is 0.223 e. The van der Waals surface area contributed by atoms with Gasteiger partial charge < -0.3 is 15.0 Å². The summed E-state index contributed by atoms with van der Waals surface area (Å²) in [6, 6.07) is 8.54. The third-order valence-corrected chi connectivity index (χ3v) is 5.51. The van der Waals surface area contributed by atoms with Crippen LogP contribution in [-0.2, 0) is 11.3 Å². The van der Waals surface area contributed by atoms with Gasteiger partial charge in [0.1, 0.15) is 5.75 Å². The summed E-state index contributed by atoms with van der Waals surface area (Å²) in [7, 11) is 1.68. The molecule has 1 aromatic rings. The third kappa shape index (κ3) is 4.50. The first-order chi connectivity index (χ1) is 11.7. The van der Waals surface area contributed by atoms with E-state index in [0.717, 1.165) is 38.2 Å². The minimum Gasteiger partial charge on any atom is -0.497 e. The molecule has 0 aromatic heterocycles. The van der Waals surface area contributed by atoms with E-state index in [4.69, 9.17) is 4.74 Å². The molecular weight excluding hydrogens is 300 g/mol. The Hall–Kier alpha value is -1.55. The fraction of sp³-hybridized carbons (Fsp3) is 0.650. The molecule has 2 aliphatic rings. The van der Waals surface area contributed by atoms with Gasteiger partial charge in [0.15, 0.2) is 0 Å². The standard InChI is InChI=1S/C20H30N2O2/c1-15(17-9-11-21-12-10-17)13-20(23)22(18-5-6-18)14-16-3-7-19(24-2)8-4-16/h3-4,7-8,15,17-18,21H,5-6,9-14H2,1-2H3. The number of methoxy groups -OCH3 is 1. The van der Waals surface area contributed by atoms with E-state index in [1.54, 1.807) is 7.11 Å². The SMILES string of the molecule is COc1ccc(CN(C(=O)CC(C)C2CCNCC2)C2CC2)cc1. The fourth-order valence-corrected chi connectivity index (χ4v) is 3.71. The van der Waals surface area contributed by atoms with Crippen molar-refractivity contribution in [3.8, 4) is 5.75 Å². The lowest BCUT2D eigenvalue weighted by atomic mass is 9.84. The average Bonchev–Trinajstić information content (AvgIpc) is 3.45. The van der Waals surface area contributed by atoms with Crippen molar-refractivity contribution in [1.29, 1.82) is 0 Å². The normalized spacial score (nSPS) is 19.8. The largest absolute Gasteiger partial charge is 0.497 e. The Balaban J connectivity index is 1.58. The highest BCUT2D eigenvalue weighted by Crippen LogP contribution is 2.31. The van der Waals surface area contributed by atoms with Gasteiger partial charge in [-0.3, -0.25) is 4.79 Å². The van der Waals surface area contributed by atoms with Crippen molar-refractivity contribution in [1.82, 2.24) is 10.2 Å². The summed E-state index contributed by atoms with van der Waals surface area (Å²) in [5, 5.41) is 3.41. The number of piperidine rings is 1. The fourth-order valence-electron chi connectivity index (χ4n) is 3.71. The van der Waals surface area contributed by atoms with Crippen molar-refractivity contribution in [2.45, 2.75) is 51.6 Å². The maximum absolute atomic E-state index is 12.9. The Morgan fingerprint density at radius 2 is 1.88 bits per heavy atom. The number of rotatable bonds is 7. The second kappa shape index (κ2) is 8.02. The van der Waals surface area contributed by atoms with E-state index >= 15 is 0 Å². The average molecular weight is 330 g/mol. The number of carbonyl (C=O) groups is 1. The third-order valence-electron chi connectivity index (χ3n) is 5.51. The predicted octanol–water partition coefficient (Wildman–Crippen LogP) is 3.21. The van der Waals surface area contributed by atoms with Crippen LogP contribution in [0, 0.1) is 11.8 Å². The summed E-state index contributed by atoms with van der Waals surface area (Å²) in [6.45, 7) is 5.18. The van der Waals surface area contributed by atoms with E-state index in [2.05, 4.69) is 29.3 Å². The van der Waals surface area contributed by atoms with Crippen LogP contribution in [-0.4, -0.2) is 37.0 Å². The lowest BCUT2D eigenvalue weighted by molar-refractivity contribution is -0.133. The molecule has 4 heteroatoms. The van der Waals surface area contributed by atoms with Crippen molar-refractivity contribution in [2.24, 2.45) is 11.8 Å². The Morgan fingerprint density at radius 3 is 2.46 bits per heavy atom. The van der Waals surface area contributed by atoms with E-state index in [1.807, 2.05) is 12.1 Å². The second-order valence-electron chi connectivity index (χ2n) is 7.37. The minimum absolute atomic E-state index is 0.333. The highest BCUT2D eigenvalue weighted by molar-refractivity contribution is 5.77. The molecule has 1 amide bonds. The molecule has 4 nitrogen and oxygen atoms in total. The first kappa shape index (κ1) is 17.3. The number of nitrogens with zero attached hydrogens (tertiary/aromatic N) is 1. The van der Waals surface area contributed by atoms with Crippen molar-refractivity contribution < 1.29 is 9.53 Å². The summed E-state index contributed by atoms with van der Waals surface area (Å²) >= 11 is 0. The van der Waals surface area contributed by atoms with Gasteiger partial charge in [0.2, 0.25) is 5.91 Å². The molecule has 1 saturated carbocycles. The molecule has 1 unspecified atom stereocenters. The molecule has 2 fully saturated rings. The number of nitrogens with one attached hydrogen (secondary N) is 1. The highest BCUT2D eigenvalue weighted by atomic mass is 16.5. The summed E-state index contributed by atoms with van der Waals surface area (Å²) < 4.78 is 5.22. The number of carbonyl (C=O) groups excluding carboxylic acids is 1. The van der Waals surface area contributed by atoms with Crippen LogP contribution < -0.4 is 10.1 Å². The quantitative estimate of drug-likeness (QED) is 0.835. The zero-order valence-corrected chi connectivity index (χ0v) is 15.0. The molecule has 24 heavy (non-hydrogen) atoms. The molecule has 1 atom stereocenters. The minimum atomic E-state index is 0.333. The summed E-state index contributed by atoms with van der Waals surface area (Å²) in [4.78, 5) is 15.0. The Morgan fingerprint density at radius 1 is 1.21 bits per heavy atom. The van der Waals surface area contributed by atoms with Crippen LogP contribution in [0.4, 0.5) is 0 Å². The van der Waals surface area contributed by atoms with Crippen LogP contribution in [0.15, 0.2) is 24.3 Å². The van der Waals surface area contributed by atoms with Crippen molar-refractivity contribution in [3.05, 3.63) is 29.8 Å². The van der Waals surface area contributed by atoms with E-state index < -0.39 is 0 Å². The number of hydrogen-bond donors (Lipinski definition) is 1. The van der Waals surface area contributed by atoms with Crippen molar-refractivity contribution >= 4 is 5.91 Å². The van der Waals surface area contributed by atoms with Gasteiger partial charge in [-0.1, -0.05) is 19.1 Å². The van der Waals surface area contributed by atoms with Crippen LogP contribution in [0.2, 0.25) is 0 Å². The van der Waals surface area contributed by atoms with E-state index in [-0.39, 0.29) is 0 Å². The number of amides is 1. The van der Waals surface area contributed by atoms with Gasteiger partial charge in [-0.25, -0.2) is 0 Å². The Kier molecular flexibility index (Phi) is 5.77. The molecule has 1 heterocycles. The molecule has 1 aliphatic heterocycles. The number of benzene rings is 1. The van der Waals surface area contributed by atoms with Crippen LogP contribution in [0.25, 0.3) is 0 Å². The lowest BCUT2D eigenvalue weighted by Gasteiger charge is -2.30. The van der Waals surface area contributed by atoms with Gasteiger partial charge in [-0.05, 0) is 68.3 Å². The molecule has 1 saturated heterocycles. The maximum atomic E-state index is 12.9. The lowest BCUT2D eigenvalue weighted by Crippen LogP contribution is -2.36. The van der Waals surface area contributed by atoms with Gasteiger partial charge in [-0.2, -0.15) is 0 Å². The van der Waals surface area contributed by atoms with E-state index in [0.29, 0.717) is 30.2 Å². The van der Waals surface area contributed by atoms with Crippen molar-refractivity contribution in [3.63, 3.8) is 0 Å². The van der Waals surface area contributed by atoms with Gasteiger partial charge in [0.25, 0.3) is 0 Å². The second-order valence-corrected chi connectivity index (χ2v) is 7.37. The summed E-state index contributed by atoms with van der Waals surface area (Å²) in [6.07, 6.45) is 5.41. The van der Waals surface area contributed by atoms with Gasteiger partial charge in [0.05, 0.1) is 7.11 Å². The molecular formula is C20H30N2O2. The highest BCUT2D eigenvalue weighted by Gasteiger charge is 2.34. The monoisotopic (exact) mass is 330 g/mol. The Labute approximate surface area is 145 Å². The van der Waals surface area contributed by atoms with E-state index in [9.17, 15) is 4.79 Å². The zero-order chi connectivity index (χ0) is 16.9. The first-order valence-electron chi connectivity index (χ1n) is 9.30. The molecule has 0 spiro atoms. The number of hydrogen-bond acceptors (Lipinski definition) is 3. The molecule has 3 rings (SSSR count). The summed E-state index contributed by atoms with van der Waals surface area (Å²) in [5.74, 6) is 2.37.